The molecule has 1 aliphatic rings. The Balaban J connectivity index is 2.29. The van der Waals surface area contributed by atoms with Crippen LogP contribution in [0.2, 0.25) is 0 Å². The molecule has 150 valence electrons. The molecule has 0 aromatic heterocycles. The van der Waals surface area contributed by atoms with Gasteiger partial charge in [0.15, 0.2) is 6.04 Å². The number of hydrogen-bond acceptors (Lipinski definition) is 5. The number of nitrogens with zero attached hydrogens (tertiary/aromatic N) is 3. The van der Waals surface area contributed by atoms with Gasteiger partial charge in [-0.3, -0.25) is 4.99 Å². The van der Waals surface area contributed by atoms with Gasteiger partial charge in [-0.05, 0) is 56.5 Å². The van der Waals surface area contributed by atoms with Gasteiger partial charge in [0.05, 0.1) is 24.2 Å². The third kappa shape index (κ3) is 4.18. The number of benzene rings is 2. The van der Waals surface area contributed by atoms with E-state index >= 15 is 0 Å². The number of fused-ring (bicyclic) bond motifs is 1. The first-order valence-electron chi connectivity index (χ1n) is 9.29. The molecule has 0 saturated heterocycles. The highest BCUT2D eigenvalue weighted by Gasteiger charge is 2.27. The molecule has 0 spiro atoms. The van der Waals surface area contributed by atoms with Crippen LogP contribution in [-0.4, -0.2) is 36.5 Å². The fourth-order valence-electron chi connectivity index (χ4n) is 3.20. The molecular weight excluding hydrogens is 366 g/mol. The van der Waals surface area contributed by atoms with E-state index < -0.39 is 12.1 Å². The Kier molecular flexibility index (Phi) is 5.77. The highest BCUT2D eigenvalue weighted by Crippen LogP contribution is 2.31. The molecule has 0 saturated carbocycles. The number of urea groups is 1. The SMILES string of the molecule is COC1=Nc2cc(C)c(C)cc2C(c2ccccc2C)=NC1/C(C)=N\NC(N)=O. The Labute approximate surface area is 170 Å². The maximum absolute atomic E-state index is 11.1. The van der Waals surface area contributed by atoms with Crippen molar-refractivity contribution in [3.05, 3.63) is 64.2 Å². The van der Waals surface area contributed by atoms with Crippen molar-refractivity contribution in [3.8, 4) is 0 Å². The minimum absolute atomic E-state index is 0.394. The van der Waals surface area contributed by atoms with Crippen LogP contribution < -0.4 is 11.2 Å². The molecule has 1 aliphatic heterocycles. The van der Waals surface area contributed by atoms with Crippen LogP contribution in [0.1, 0.15) is 34.7 Å². The van der Waals surface area contributed by atoms with Gasteiger partial charge in [0.2, 0.25) is 5.90 Å². The molecule has 0 radical (unpaired) electrons. The summed E-state index contributed by atoms with van der Waals surface area (Å²) in [6, 6.07) is 10.9. The number of aryl methyl sites for hydroxylation is 3. The van der Waals surface area contributed by atoms with Crippen molar-refractivity contribution in [2.75, 3.05) is 7.11 Å². The second-order valence-electron chi connectivity index (χ2n) is 7.03. The van der Waals surface area contributed by atoms with Crippen LogP contribution in [0, 0.1) is 20.8 Å². The van der Waals surface area contributed by atoms with E-state index in [1.807, 2.05) is 44.2 Å². The standard InChI is InChI=1S/C22H25N5O2/c1-12-8-6-7-9-16(12)20-17-10-13(2)14(3)11-18(17)24-21(29-5)19(25-20)15(4)26-27-22(23)28/h6-11,19H,1-5H3,(H3,23,27,28)/b26-15-. The van der Waals surface area contributed by atoms with Crippen LogP contribution in [0.5, 0.6) is 0 Å². The Morgan fingerprint density at radius 3 is 2.45 bits per heavy atom. The van der Waals surface area contributed by atoms with Crippen molar-refractivity contribution in [2.24, 2.45) is 20.8 Å². The predicted octanol–water partition coefficient (Wildman–Crippen LogP) is 3.55. The van der Waals surface area contributed by atoms with Crippen LogP contribution in [0.4, 0.5) is 10.5 Å². The molecule has 2 aromatic carbocycles. The molecule has 0 fully saturated rings. The molecule has 0 bridgehead atoms. The van der Waals surface area contributed by atoms with Gasteiger partial charge in [0.1, 0.15) is 0 Å². The second-order valence-corrected chi connectivity index (χ2v) is 7.03. The molecule has 3 N–H and O–H groups in total. The van der Waals surface area contributed by atoms with Gasteiger partial charge >= 0.3 is 6.03 Å². The number of ether oxygens (including phenoxy) is 1. The van der Waals surface area contributed by atoms with Crippen molar-refractivity contribution in [3.63, 3.8) is 0 Å². The van der Waals surface area contributed by atoms with E-state index in [1.54, 1.807) is 14.0 Å². The second kappa shape index (κ2) is 8.26. The number of carbonyl (C=O) groups is 1. The third-order valence-corrected chi connectivity index (χ3v) is 4.94. The first-order chi connectivity index (χ1) is 13.8. The number of primary amides is 1. The van der Waals surface area contributed by atoms with E-state index in [4.69, 9.17) is 20.5 Å². The van der Waals surface area contributed by atoms with Gasteiger partial charge in [-0.1, -0.05) is 24.3 Å². The minimum atomic E-state index is -0.744. The van der Waals surface area contributed by atoms with E-state index in [-0.39, 0.29) is 0 Å². The summed E-state index contributed by atoms with van der Waals surface area (Å²) in [5.41, 5.74) is 14.8. The Morgan fingerprint density at radius 2 is 1.79 bits per heavy atom. The van der Waals surface area contributed by atoms with E-state index in [0.29, 0.717) is 11.6 Å². The lowest BCUT2D eigenvalue weighted by atomic mass is 9.94. The summed E-state index contributed by atoms with van der Waals surface area (Å²) in [5, 5.41) is 4.06. The van der Waals surface area contributed by atoms with Crippen molar-refractivity contribution in [1.29, 1.82) is 0 Å². The van der Waals surface area contributed by atoms with Crippen molar-refractivity contribution in [2.45, 2.75) is 33.7 Å². The molecule has 7 heteroatoms. The summed E-state index contributed by atoms with van der Waals surface area (Å²) in [7, 11) is 1.55. The number of carbonyl (C=O) groups excluding carboxylic acids is 1. The maximum Gasteiger partial charge on any atom is 0.332 e. The topological polar surface area (TPSA) is 101 Å². The van der Waals surface area contributed by atoms with Crippen LogP contribution in [0.15, 0.2) is 51.5 Å². The van der Waals surface area contributed by atoms with Gasteiger partial charge in [0, 0.05) is 11.1 Å². The quantitative estimate of drug-likeness (QED) is 0.617. The number of hydrazone groups is 1. The Bertz CT molecular complexity index is 1050. The highest BCUT2D eigenvalue weighted by molar-refractivity contribution is 6.21. The summed E-state index contributed by atoms with van der Waals surface area (Å²) in [5.74, 6) is 0.394. The number of aliphatic imine (C=N–C) groups is 2. The summed E-state index contributed by atoms with van der Waals surface area (Å²) < 4.78 is 5.57. The molecule has 1 atom stereocenters. The summed E-state index contributed by atoms with van der Waals surface area (Å²) in [6.07, 6.45) is 0. The summed E-state index contributed by atoms with van der Waals surface area (Å²) in [6.45, 7) is 7.92. The van der Waals surface area contributed by atoms with E-state index in [9.17, 15) is 4.79 Å². The average Bonchev–Trinajstić information content (AvgIpc) is 2.84. The van der Waals surface area contributed by atoms with Gasteiger partial charge in [-0.15, -0.1) is 0 Å². The first kappa shape index (κ1) is 20.3. The average molecular weight is 391 g/mol. The lowest BCUT2D eigenvalue weighted by Gasteiger charge is -2.15. The van der Waals surface area contributed by atoms with Crippen molar-refractivity contribution >= 4 is 29.0 Å². The molecule has 2 aromatic rings. The van der Waals surface area contributed by atoms with Crippen LogP contribution in [0.3, 0.4) is 0 Å². The molecule has 1 unspecified atom stereocenters. The van der Waals surface area contributed by atoms with Gasteiger partial charge < -0.3 is 10.5 Å². The monoisotopic (exact) mass is 391 g/mol. The van der Waals surface area contributed by atoms with Crippen LogP contribution in [-0.2, 0) is 4.74 Å². The van der Waals surface area contributed by atoms with Gasteiger partial charge in [-0.2, -0.15) is 5.10 Å². The van der Waals surface area contributed by atoms with Gasteiger partial charge in [0.25, 0.3) is 0 Å². The number of nitrogens with two attached hydrogens (primary N) is 1. The molecule has 7 nitrogen and oxygen atoms in total. The van der Waals surface area contributed by atoms with Gasteiger partial charge in [-0.25, -0.2) is 15.2 Å². The molecular formula is C22H25N5O2. The fraction of sp³-hybridized carbons (Fsp3) is 0.273. The van der Waals surface area contributed by atoms with E-state index in [1.165, 1.54) is 0 Å². The smallest absolute Gasteiger partial charge is 0.332 e. The Hall–Kier alpha value is -3.48. The number of nitrogens with one attached hydrogen (secondary N) is 1. The van der Waals surface area contributed by atoms with Crippen molar-refractivity contribution < 1.29 is 9.53 Å². The number of rotatable bonds is 3. The molecule has 3 rings (SSSR count). The Morgan fingerprint density at radius 1 is 1.10 bits per heavy atom. The zero-order valence-electron chi connectivity index (χ0n) is 17.3. The number of methoxy groups -OCH3 is 1. The van der Waals surface area contributed by atoms with E-state index in [0.717, 1.165) is 39.2 Å². The zero-order valence-corrected chi connectivity index (χ0v) is 17.3. The zero-order chi connectivity index (χ0) is 21.1. The van der Waals surface area contributed by atoms with Crippen LogP contribution >= 0.6 is 0 Å². The predicted molar refractivity (Wildman–Crippen MR) is 116 cm³/mol. The molecule has 29 heavy (non-hydrogen) atoms. The van der Waals surface area contributed by atoms with E-state index in [2.05, 4.69) is 23.5 Å². The summed E-state index contributed by atoms with van der Waals surface area (Å²) >= 11 is 0. The third-order valence-electron chi connectivity index (χ3n) is 4.94. The first-order valence-corrected chi connectivity index (χ1v) is 9.29. The molecule has 1 heterocycles. The molecule has 0 aliphatic carbocycles. The summed E-state index contributed by atoms with van der Waals surface area (Å²) in [4.78, 5) is 20.8. The van der Waals surface area contributed by atoms with Crippen molar-refractivity contribution in [1.82, 2.24) is 5.43 Å². The molecule has 2 amide bonds. The minimum Gasteiger partial charge on any atom is -0.482 e. The van der Waals surface area contributed by atoms with Crippen LogP contribution in [0.25, 0.3) is 0 Å². The fourth-order valence-corrected chi connectivity index (χ4v) is 3.20. The lowest BCUT2D eigenvalue weighted by Crippen LogP contribution is -2.32. The lowest BCUT2D eigenvalue weighted by molar-refractivity contribution is 0.249. The maximum atomic E-state index is 11.1. The number of amides is 2. The normalized spacial score (nSPS) is 16.3. The largest absolute Gasteiger partial charge is 0.482 e. The number of hydrogen-bond donors (Lipinski definition) is 2. The highest BCUT2D eigenvalue weighted by atomic mass is 16.5.